The summed E-state index contributed by atoms with van der Waals surface area (Å²) in [5, 5.41) is 0. The molecule has 1 aromatic carbocycles. The van der Waals surface area contributed by atoms with Crippen LogP contribution in [-0.2, 0) is 17.8 Å². The highest BCUT2D eigenvalue weighted by molar-refractivity contribution is 5.95. The lowest BCUT2D eigenvalue weighted by molar-refractivity contribution is -0.119. The topological polar surface area (TPSA) is 56.8 Å². The minimum atomic E-state index is -0.0118. The van der Waals surface area contributed by atoms with E-state index in [-0.39, 0.29) is 5.91 Å². The van der Waals surface area contributed by atoms with Crippen molar-refractivity contribution >= 4 is 18.0 Å². The van der Waals surface area contributed by atoms with Gasteiger partial charge < -0.3 is 14.7 Å². The van der Waals surface area contributed by atoms with E-state index in [9.17, 15) is 9.59 Å². The summed E-state index contributed by atoms with van der Waals surface area (Å²) in [4.78, 5) is 33.7. The number of fused-ring (bicyclic) bond motifs is 1. The average Bonchev–Trinajstić information content (AvgIpc) is 2.73. The van der Waals surface area contributed by atoms with Gasteiger partial charge in [0, 0.05) is 45.5 Å². The zero-order valence-electron chi connectivity index (χ0n) is 14.7. The molecule has 0 atom stereocenters. The zero-order valence-corrected chi connectivity index (χ0v) is 14.7. The van der Waals surface area contributed by atoms with E-state index in [1.807, 2.05) is 12.3 Å². The predicted molar refractivity (Wildman–Crippen MR) is 99.0 cm³/mol. The van der Waals surface area contributed by atoms with E-state index in [1.165, 1.54) is 11.1 Å². The monoisotopic (exact) mass is 350 g/mol. The van der Waals surface area contributed by atoms with Crippen LogP contribution in [0.5, 0.6) is 0 Å². The van der Waals surface area contributed by atoms with E-state index < -0.39 is 0 Å². The maximum atomic E-state index is 12.8. The lowest BCUT2D eigenvalue weighted by atomic mass is 9.99. The summed E-state index contributed by atoms with van der Waals surface area (Å²) >= 11 is 0. The van der Waals surface area contributed by atoms with Crippen LogP contribution < -0.4 is 4.90 Å². The standard InChI is InChI=1S/C20H22N4O2/c25-15-22-7-9-23(10-8-22)20(26)18-11-19(13-21-12-18)24-6-5-16-3-1-2-4-17(16)14-24/h1-4,11-13,15H,5-10,14H2. The maximum Gasteiger partial charge on any atom is 0.255 e. The molecule has 0 bridgehead atoms. The normalized spacial score (nSPS) is 17.0. The van der Waals surface area contributed by atoms with Gasteiger partial charge in [0.25, 0.3) is 5.91 Å². The van der Waals surface area contributed by atoms with Gasteiger partial charge in [0.05, 0.1) is 17.4 Å². The molecule has 26 heavy (non-hydrogen) atoms. The third-order valence-electron chi connectivity index (χ3n) is 5.22. The third-order valence-corrected chi connectivity index (χ3v) is 5.22. The summed E-state index contributed by atoms with van der Waals surface area (Å²) in [7, 11) is 0. The number of anilines is 1. The summed E-state index contributed by atoms with van der Waals surface area (Å²) < 4.78 is 0. The van der Waals surface area contributed by atoms with Crippen LogP contribution in [0.25, 0.3) is 0 Å². The van der Waals surface area contributed by atoms with Crippen molar-refractivity contribution in [3.8, 4) is 0 Å². The highest BCUT2D eigenvalue weighted by atomic mass is 16.2. The van der Waals surface area contributed by atoms with Crippen molar-refractivity contribution in [2.45, 2.75) is 13.0 Å². The van der Waals surface area contributed by atoms with Crippen molar-refractivity contribution in [1.29, 1.82) is 0 Å². The van der Waals surface area contributed by atoms with Gasteiger partial charge in [0.1, 0.15) is 0 Å². The van der Waals surface area contributed by atoms with Gasteiger partial charge in [-0.3, -0.25) is 14.6 Å². The van der Waals surface area contributed by atoms with Crippen LogP contribution in [0.4, 0.5) is 5.69 Å². The highest BCUT2D eigenvalue weighted by Gasteiger charge is 2.23. The van der Waals surface area contributed by atoms with Crippen LogP contribution in [-0.4, -0.2) is 59.8 Å². The summed E-state index contributed by atoms with van der Waals surface area (Å²) in [5.74, 6) is -0.0118. The van der Waals surface area contributed by atoms with Gasteiger partial charge in [0.15, 0.2) is 0 Å². The second-order valence-electron chi connectivity index (χ2n) is 6.81. The van der Waals surface area contributed by atoms with Crippen LogP contribution in [0.3, 0.4) is 0 Å². The van der Waals surface area contributed by atoms with Crippen molar-refractivity contribution in [3.05, 3.63) is 59.4 Å². The number of rotatable bonds is 3. The number of pyridine rings is 1. The number of amides is 2. The maximum absolute atomic E-state index is 12.8. The fourth-order valence-electron chi connectivity index (χ4n) is 3.65. The lowest BCUT2D eigenvalue weighted by Crippen LogP contribution is -2.48. The number of benzene rings is 1. The summed E-state index contributed by atoms with van der Waals surface area (Å²) in [6, 6.07) is 10.4. The largest absolute Gasteiger partial charge is 0.366 e. The van der Waals surface area contributed by atoms with E-state index >= 15 is 0 Å². The molecule has 0 aliphatic carbocycles. The molecular weight excluding hydrogens is 328 g/mol. The molecule has 2 aliphatic rings. The smallest absolute Gasteiger partial charge is 0.255 e. The van der Waals surface area contributed by atoms with Crippen LogP contribution >= 0.6 is 0 Å². The first-order valence-electron chi connectivity index (χ1n) is 9.00. The number of aromatic nitrogens is 1. The minimum Gasteiger partial charge on any atom is -0.366 e. The van der Waals surface area contributed by atoms with E-state index in [1.54, 1.807) is 16.0 Å². The van der Waals surface area contributed by atoms with Crippen LogP contribution in [0, 0.1) is 0 Å². The molecular formula is C20H22N4O2. The molecule has 0 spiro atoms. The first kappa shape index (κ1) is 16.6. The molecule has 6 nitrogen and oxygen atoms in total. The number of carbonyl (C=O) groups is 2. The number of nitrogens with zero attached hydrogens (tertiary/aromatic N) is 4. The van der Waals surface area contributed by atoms with E-state index in [4.69, 9.17) is 0 Å². The Hall–Kier alpha value is -2.89. The Morgan fingerprint density at radius 3 is 2.54 bits per heavy atom. The van der Waals surface area contributed by atoms with Crippen molar-refractivity contribution in [2.75, 3.05) is 37.6 Å². The Balaban J connectivity index is 1.49. The number of hydrogen-bond donors (Lipinski definition) is 0. The number of carbonyl (C=O) groups excluding carboxylic acids is 2. The third kappa shape index (κ3) is 3.27. The molecule has 0 N–H and O–H groups in total. The number of hydrogen-bond acceptors (Lipinski definition) is 4. The Kier molecular flexibility index (Phi) is 4.56. The molecule has 2 amide bonds. The Bertz CT molecular complexity index is 815. The summed E-state index contributed by atoms with van der Waals surface area (Å²) in [6.07, 6.45) is 5.31. The highest BCUT2D eigenvalue weighted by Crippen LogP contribution is 2.24. The fourth-order valence-corrected chi connectivity index (χ4v) is 3.65. The van der Waals surface area contributed by atoms with Gasteiger partial charge in [-0.2, -0.15) is 0 Å². The first-order valence-corrected chi connectivity index (χ1v) is 9.00. The van der Waals surface area contributed by atoms with Crippen molar-refractivity contribution in [1.82, 2.24) is 14.8 Å². The van der Waals surface area contributed by atoms with E-state index in [0.29, 0.717) is 31.7 Å². The molecule has 0 unspecified atom stereocenters. The molecule has 6 heteroatoms. The van der Waals surface area contributed by atoms with Gasteiger partial charge >= 0.3 is 0 Å². The summed E-state index contributed by atoms with van der Waals surface area (Å²) in [5.41, 5.74) is 4.33. The molecule has 2 aromatic rings. The van der Waals surface area contributed by atoms with Crippen LogP contribution in [0.2, 0.25) is 0 Å². The SMILES string of the molecule is O=CN1CCN(C(=O)c2cncc(N3CCc4ccccc4C3)c2)CC1. The van der Waals surface area contributed by atoms with Crippen LogP contribution in [0.1, 0.15) is 21.5 Å². The molecule has 1 fully saturated rings. The molecule has 134 valence electrons. The fraction of sp³-hybridized carbons (Fsp3) is 0.350. The molecule has 0 radical (unpaired) electrons. The summed E-state index contributed by atoms with van der Waals surface area (Å²) in [6.45, 7) is 4.08. The molecule has 3 heterocycles. The quantitative estimate of drug-likeness (QED) is 0.789. The van der Waals surface area contributed by atoms with Crippen LogP contribution in [0.15, 0.2) is 42.7 Å². The van der Waals surface area contributed by atoms with Gasteiger partial charge in [-0.05, 0) is 23.6 Å². The Morgan fingerprint density at radius 1 is 1.00 bits per heavy atom. The average molecular weight is 350 g/mol. The van der Waals surface area contributed by atoms with Crippen molar-refractivity contribution in [2.24, 2.45) is 0 Å². The van der Waals surface area contributed by atoms with Gasteiger partial charge in [0.2, 0.25) is 6.41 Å². The lowest BCUT2D eigenvalue weighted by Gasteiger charge is -2.33. The number of piperazine rings is 1. The van der Waals surface area contributed by atoms with Crippen molar-refractivity contribution in [3.63, 3.8) is 0 Å². The van der Waals surface area contributed by atoms with E-state index in [2.05, 4.69) is 34.1 Å². The second-order valence-corrected chi connectivity index (χ2v) is 6.81. The minimum absolute atomic E-state index is 0.0118. The molecule has 2 aliphatic heterocycles. The van der Waals surface area contributed by atoms with Gasteiger partial charge in [-0.15, -0.1) is 0 Å². The zero-order chi connectivity index (χ0) is 17.9. The Labute approximate surface area is 153 Å². The van der Waals surface area contributed by atoms with Gasteiger partial charge in [-0.25, -0.2) is 0 Å². The molecule has 0 saturated carbocycles. The predicted octanol–water partition coefficient (Wildman–Crippen LogP) is 1.56. The van der Waals surface area contributed by atoms with E-state index in [0.717, 1.165) is 31.6 Å². The second kappa shape index (κ2) is 7.15. The van der Waals surface area contributed by atoms with Gasteiger partial charge in [-0.1, -0.05) is 24.3 Å². The first-order chi connectivity index (χ1) is 12.7. The molecule has 1 saturated heterocycles. The molecule has 1 aromatic heterocycles. The Morgan fingerprint density at radius 2 is 1.77 bits per heavy atom. The van der Waals surface area contributed by atoms with Crippen molar-refractivity contribution < 1.29 is 9.59 Å². The molecule has 4 rings (SSSR count).